The highest BCUT2D eigenvalue weighted by Crippen LogP contribution is 2.19. The summed E-state index contributed by atoms with van der Waals surface area (Å²) in [7, 11) is 0. The van der Waals surface area contributed by atoms with Crippen LogP contribution >= 0.6 is 0 Å². The molecule has 0 amide bonds. The molecular formula is C14H30N2. The summed E-state index contributed by atoms with van der Waals surface area (Å²) in [5, 5.41) is 0. The van der Waals surface area contributed by atoms with E-state index in [0.717, 1.165) is 24.3 Å². The van der Waals surface area contributed by atoms with Crippen molar-refractivity contribution in [3.8, 4) is 0 Å². The van der Waals surface area contributed by atoms with Crippen LogP contribution in [0.25, 0.3) is 0 Å². The van der Waals surface area contributed by atoms with Gasteiger partial charge in [0.15, 0.2) is 0 Å². The molecule has 0 bridgehead atoms. The molecule has 0 aromatic carbocycles. The van der Waals surface area contributed by atoms with Crippen molar-refractivity contribution < 1.29 is 0 Å². The molecule has 1 saturated heterocycles. The number of hydrogen-bond acceptors (Lipinski definition) is 2. The third-order valence-electron chi connectivity index (χ3n) is 3.87. The lowest BCUT2D eigenvalue weighted by Gasteiger charge is -2.31. The molecule has 1 heterocycles. The molecule has 0 radical (unpaired) electrons. The van der Waals surface area contributed by atoms with Crippen LogP contribution in [0, 0.1) is 17.8 Å². The smallest absolute Gasteiger partial charge is 0.00156 e. The lowest BCUT2D eigenvalue weighted by molar-refractivity contribution is 0.178. The van der Waals surface area contributed by atoms with E-state index < -0.39 is 0 Å². The minimum absolute atomic E-state index is 0.736. The van der Waals surface area contributed by atoms with Crippen LogP contribution in [0.1, 0.15) is 46.5 Å². The Morgan fingerprint density at radius 1 is 1.25 bits per heavy atom. The first-order valence-corrected chi connectivity index (χ1v) is 7.04. The Hall–Kier alpha value is -0.0800. The van der Waals surface area contributed by atoms with Crippen LogP contribution in [0.5, 0.6) is 0 Å². The summed E-state index contributed by atoms with van der Waals surface area (Å²) in [5.41, 5.74) is 5.84. The molecule has 2 nitrogen and oxygen atoms in total. The van der Waals surface area contributed by atoms with E-state index in [0.29, 0.717) is 0 Å². The van der Waals surface area contributed by atoms with Crippen LogP contribution in [0.2, 0.25) is 0 Å². The van der Waals surface area contributed by atoms with E-state index in [2.05, 4.69) is 25.7 Å². The van der Waals surface area contributed by atoms with Gasteiger partial charge >= 0.3 is 0 Å². The second kappa shape index (κ2) is 7.29. The maximum absolute atomic E-state index is 5.84. The number of nitrogens with two attached hydrogens (primary N) is 1. The summed E-state index contributed by atoms with van der Waals surface area (Å²) in [4.78, 5) is 2.63. The summed E-state index contributed by atoms with van der Waals surface area (Å²) in [5.74, 6) is 2.46. The van der Waals surface area contributed by atoms with Crippen molar-refractivity contribution in [3.63, 3.8) is 0 Å². The van der Waals surface area contributed by atoms with Crippen molar-refractivity contribution in [1.82, 2.24) is 4.90 Å². The Bertz CT molecular complexity index is 172. The van der Waals surface area contributed by atoms with Gasteiger partial charge in [-0.2, -0.15) is 0 Å². The average Bonchev–Trinajstić information content (AvgIpc) is 2.26. The highest BCUT2D eigenvalue weighted by Gasteiger charge is 2.17. The van der Waals surface area contributed by atoms with Crippen LogP contribution in [0.4, 0.5) is 0 Å². The van der Waals surface area contributed by atoms with Crippen LogP contribution in [-0.4, -0.2) is 31.1 Å². The molecule has 0 aromatic heterocycles. The Morgan fingerprint density at radius 2 is 1.88 bits per heavy atom. The normalized spacial score (nSPS) is 21.6. The van der Waals surface area contributed by atoms with Gasteiger partial charge in [-0.15, -0.1) is 0 Å². The zero-order chi connectivity index (χ0) is 12.0. The third kappa shape index (κ3) is 5.31. The first-order chi connectivity index (χ1) is 7.61. The van der Waals surface area contributed by atoms with E-state index in [1.165, 1.54) is 45.3 Å². The standard InChI is InChI=1S/C14H30N2/c1-12(2)10-14(11-15)6-9-16-7-4-13(3)5-8-16/h12-14H,4-11,15H2,1-3H3. The van der Waals surface area contributed by atoms with Crippen molar-refractivity contribution >= 4 is 0 Å². The van der Waals surface area contributed by atoms with E-state index >= 15 is 0 Å². The van der Waals surface area contributed by atoms with Crippen LogP contribution in [-0.2, 0) is 0 Å². The molecule has 1 rings (SSSR count). The Morgan fingerprint density at radius 3 is 2.38 bits per heavy atom. The van der Waals surface area contributed by atoms with Crippen molar-refractivity contribution in [2.45, 2.75) is 46.5 Å². The average molecular weight is 226 g/mol. The predicted octanol–water partition coefficient (Wildman–Crippen LogP) is 2.73. The van der Waals surface area contributed by atoms with Crippen LogP contribution in [0.15, 0.2) is 0 Å². The summed E-state index contributed by atoms with van der Waals surface area (Å²) in [6.07, 6.45) is 5.36. The molecule has 0 aliphatic carbocycles. The fourth-order valence-electron chi connectivity index (χ4n) is 2.65. The molecule has 0 spiro atoms. The van der Waals surface area contributed by atoms with E-state index in [4.69, 9.17) is 5.73 Å². The van der Waals surface area contributed by atoms with Gasteiger partial charge in [0.2, 0.25) is 0 Å². The maximum Gasteiger partial charge on any atom is -0.00156 e. The quantitative estimate of drug-likeness (QED) is 0.754. The fourth-order valence-corrected chi connectivity index (χ4v) is 2.65. The molecule has 2 heteroatoms. The summed E-state index contributed by atoms with van der Waals surface area (Å²) in [6, 6.07) is 0. The van der Waals surface area contributed by atoms with Gasteiger partial charge in [0.1, 0.15) is 0 Å². The van der Waals surface area contributed by atoms with Crippen LogP contribution in [0.3, 0.4) is 0 Å². The first kappa shape index (κ1) is 14.0. The highest BCUT2D eigenvalue weighted by molar-refractivity contribution is 4.71. The summed E-state index contributed by atoms with van der Waals surface area (Å²) >= 11 is 0. The molecule has 16 heavy (non-hydrogen) atoms. The zero-order valence-electron chi connectivity index (χ0n) is 11.4. The topological polar surface area (TPSA) is 29.3 Å². The Labute approximate surface area is 102 Å². The lowest BCUT2D eigenvalue weighted by atomic mass is 9.93. The number of likely N-dealkylation sites (tertiary alicyclic amines) is 1. The van der Waals surface area contributed by atoms with E-state index in [1.807, 2.05) is 0 Å². The second-order valence-corrected chi connectivity index (χ2v) is 6.04. The number of hydrogen-bond donors (Lipinski definition) is 1. The molecule has 1 aliphatic heterocycles. The largest absolute Gasteiger partial charge is 0.330 e. The van der Waals surface area contributed by atoms with Gasteiger partial charge in [0.05, 0.1) is 0 Å². The molecule has 1 unspecified atom stereocenters. The molecule has 0 aromatic rings. The van der Waals surface area contributed by atoms with Gasteiger partial charge in [-0.3, -0.25) is 0 Å². The minimum atomic E-state index is 0.736. The summed E-state index contributed by atoms with van der Waals surface area (Å²) < 4.78 is 0. The molecule has 2 N–H and O–H groups in total. The Balaban J connectivity index is 2.16. The van der Waals surface area contributed by atoms with E-state index in [-0.39, 0.29) is 0 Å². The Kier molecular flexibility index (Phi) is 6.37. The van der Waals surface area contributed by atoms with Crippen molar-refractivity contribution in [3.05, 3.63) is 0 Å². The molecule has 1 aliphatic rings. The second-order valence-electron chi connectivity index (χ2n) is 6.04. The van der Waals surface area contributed by atoms with Crippen molar-refractivity contribution in [1.29, 1.82) is 0 Å². The predicted molar refractivity (Wildman–Crippen MR) is 71.5 cm³/mol. The van der Waals surface area contributed by atoms with Gasteiger partial charge in [-0.05, 0) is 69.6 Å². The first-order valence-electron chi connectivity index (χ1n) is 7.04. The van der Waals surface area contributed by atoms with Gasteiger partial charge < -0.3 is 10.6 Å². The van der Waals surface area contributed by atoms with Crippen LogP contribution < -0.4 is 5.73 Å². The molecular weight excluding hydrogens is 196 g/mol. The molecule has 96 valence electrons. The minimum Gasteiger partial charge on any atom is -0.330 e. The fraction of sp³-hybridized carbons (Fsp3) is 1.00. The van der Waals surface area contributed by atoms with Crippen molar-refractivity contribution in [2.24, 2.45) is 23.5 Å². The maximum atomic E-state index is 5.84. The zero-order valence-corrected chi connectivity index (χ0v) is 11.4. The molecule has 0 saturated carbocycles. The molecule has 1 atom stereocenters. The molecule has 1 fully saturated rings. The van der Waals surface area contributed by atoms with E-state index in [9.17, 15) is 0 Å². The van der Waals surface area contributed by atoms with Crippen molar-refractivity contribution in [2.75, 3.05) is 26.2 Å². The number of piperidine rings is 1. The monoisotopic (exact) mass is 226 g/mol. The SMILES string of the molecule is CC(C)CC(CN)CCN1CCC(C)CC1. The van der Waals surface area contributed by atoms with Gasteiger partial charge in [0.25, 0.3) is 0 Å². The highest BCUT2D eigenvalue weighted by atomic mass is 15.1. The number of nitrogens with zero attached hydrogens (tertiary/aromatic N) is 1. The number of rotatable bonds is 6. The lowest BCUT2D eigenvalue weighted by Crippen LogP contribution is -2.35. The van der Waals surface area contributed by atoms with Gasteiger partial charge in [-0.25, -0.2) is 0 Å². The van der Waals surface area contributed by atoms with E-state index in [1.54, 1.807) is 0 Å². The van der Waals surface area contributed by atoms with Gasteiger partial charge in [0, 0.05) is 0 Å². The van der Waals surface area contributed by atoms with Gasteiger partial charge in [-0.1, -0.05) is 20.8 Å². The summed E-state index contributed by atoms with van der Waals surface area (Å²) in [6.45, 7) is 11.7. The third-order valence-corrected chi connectivity index (χ3v) is 3.87.